The lowest BCUT2D eigenvalue weighted by atomic mass is 10.1. The number of nitrogens with one attached hydrogen (secondary N) is 1. The third-order valence-corrected chi connectivity index (χ3v) is 2.98. The van der Waals surface area contributed by atoms with Gasteiger partial charge in [-0.1, -0.05) is 0 Å². The predicted octanol–water partition coefficient (Wildman–Crippen LogP) is 2.57. The van der Waals surface area contributed by atoms with Crippen LogP contribution < -0.4 is 11.1 Å². The highest BCUT2D eigenvalue weighted by Crippen LogP contribution is 2.26. The molecular formula is C15H19N3O2. The third kappa shape index (κ3) is 3.38. The summed E-state index contributed by atoms with van der Waals surface area (Å²) in [5.41, 5.74) is 8.42. The van der Waals surface area contributed by atoms with E-state index in [1.165, 1.54) is 0 Å². The van der Waals surface area contributed by atoms with Crippen molar-refractivity contribution in [2.24, 2.45) is 0 Å². The summed E-state index contributed by atoms with van der Waals surface area (Å²) in [7, 11) is 0. The second kappa shape index (κ2) is 6.75. The van der Waals surface area contributed by atoms with Gasteiger partial charge in [0.25, 0.3) is 0 Å². The Hall–Kier alpha value is -2.30. The van der Waals surface area contributed by atoms with Gasteiger partial charge in [0, 0.05) is 30.2 Å². The van der Waals surface area contributed by atoms with Gasteiger partial charge in [-0.05, 0) is 37.6 Å². The van der Waals surface area contributed by atoms with Crippen LogP contribution in [0.5, 0.6) is 0 Å². The highest BCUT2D eigenvalue weighted by atomic mass is 16.5. The van der Waals surface area contributed by atoms with Crippen LogP contribution in [0, 0.1) is 0 Å². The molecule has 0 fully saturated rings. The smallest absolute Gasteiger partial charge is 0.305 e. The molecule has 0 atom stereocenters. The maximum absolute atomic E-state index is 11.2. The maximum atomic E-state index is 11.2. The first kappa shape index (κ1) is 14.1. The molecule has 1 aromatic heterocycles. The number of nitrogen functional groups attached to an aromatic ring is 1. The Labute approximate surface area is 118 Å². The van der Waals surface area contributed by atoms with E-state index in [4.69, 9.17) is 10.5 Å². The van der Waals surface area contributed by atoms with Gasteiger partial charge in [0.15, 0.2) is 0 Å². The molecule has 0 aliphatic rings. The van der Waals surface area contributed by atoms with Gasteiger partial charge in [-0.2, -0.15) is 0 Å². The van der Waals surface area contributed by atoms with Crippen LogP contribution in [0.2, 0.25) is 0 Å². The molecule has 2 rings (SSSR count). The van der Waals surface area contributed by atoms with Crippen molar-refractivity contribution in [1.82, 2.24) is 4.98 Å². The molecule has 3 N–H and O–H groups in total. The molecule has 0 unspecified atom stereocenters. The first-order valence-electron chi connectivity index (χ1n) is 6.75. The van der Waals surface area contributed by atoms with E-state index in [1.807, 2.05) is 31.2 Å². The van der Waals surface area contributed by atoms with Crippen LogP contribution in [0.25, 0.3) is 10.9 Å². The van der Waals surface area contributed by atoms with Gasteiger partial charge >= 0.3 is 5.97 Å². The Bertz CT molecular complexity index is 599. The van der Waals surface area contributed by atoms with E-state index >= 15 is 0 Å². The number of hydrogen-bond donors (Lipinski definition) is 2. The van der Waals surface area contributed by atoms with E-state index in [1.54, 1.807) is 6.20 Å². The summed E-state index contributed by atoms with van der Waals surface area (Å²) in [4.78, 5) is 15.6. The van der Waals surface area contributed by atoms with E-state index in [2.05, 4.69) is 10.3 Å². The van der Waals surface area contributed by atoms with E-state index in [-0.39, 0.29) is 5.97 Å². The molecule has 5 nitrogen and oxygen atoms in total. The molecule has 0 saturated heterocycles. The fourth-order valence-electron chi connectivity index (χ4n) is 2.03. The van der Waals surface area contributed by atoms with Crippen LogP contribution in [-0.4, -0.2) is 24.1 Å². The van der Waals surface area contributed by atoms with E-state index < -0.39 is 0 Å². The van der Waals surface area contributed by atoms with Crippen LogP contribution in [0.3, 0.4) is 0 Å². The molecular weight excluding hydrogens is 254 g/mol. The number of anilines is 2. The standard InChI is InChI=1S/C15H19N3O2/c1-2-20-14(19)6-4-9-17-13-8-7-12(16)11-5-3-10-18-15(11)13/h3,5,7-8,10,17H,2,4,6,9,16H2,1H3. The van der Waals surface area contributed by atoms with E-state index in [0.29, 0.717) is 25.3 Å². The molecule has 0 spiro atoms. The average Bonchev–Trinajstić information content (AvgIpc) is 2.46. The van der Waals surface area contributed by atoms with Crippen LogP contribution in [0.15, 0.2) is 30.5 Å². The average molecular weight is 273 g/mol. The number of carbonyl (C=O) groups is 1. The molecule has 0 amide bonds. The lowest BCUT2D eigenvalue weighted by molar-refractivity contribution is -0.143. The van der Waals surface area contributed by atoms with Crippen molar-refractivity contribution >= 4 is 28.2 Å². The molecule has 0 radical (unpaired) electrons. The van der Waals surface area contributed by atoms with E-state index in [9.17, 15) is 4.79 Å². The number of ether oxygens (including phenoxy) is 1. The number of benzene rings is 1. The van der Waals surface area contributed by atoms with Crippen molar-refractivity contribution in [3.05, 3.63) is 30.5 Å². The van der Waals surface area contributed by atoms with Crippen molar-refractivity contribution in [2.75, 3.05) is 24.2 Å². The van der Waals surface area contributed by atoms with Crippen molar-refractivity contribution in [2.45, 2.75) is 19.8 Å². The summed E-state index contributed by atoms with van der Waals surface area (Å²) in [5.74, 6) is -0.158. The summed E-state index contributed by atoms with van der Waals surface area (Å²) in [6.07, 6.45) is 2.88. The molecule has 0 bridgehead atoms. The zero-order valence-electron chi connectivity index (χ0n) is 11.6. The molecule has 0 saturated carbocycles. The fourth-order valence-corrected chi connectivity index (χ4v) is 2.03. The Kier molecular flexibility index (Phi) is 4.76. The summed E-state index contributed by atoms with van der Waals surface area (Å²) in [6.45, 7) is 2.93. The Balaban J connectivity index is 1.97. The van der Waals surface area contributed by atoms with Crippen molar-refractivity contribution in [1.29, 1.82) is 0 Å². The summed E-state index contributed by atoms with van der Waals surface area (Å²) >= 11 is 0. The molecule has 1 aromatic carbocycles. The number of nitrogens with two attached hydrogens (primary N) is 1. The lowest BCUT2D eigenvalue weighted by Gasteiger charge is -2.10. The van der Waals surface area contributed by atoms with E-state index in [0.717, 1.165) is 23.0 Å². The Morgan fingerprint density at radius 2 is 2.25 bits per heavy atom. The van der Waals surface area contributed by atoms with Gasteiger partial charge in [0.1, 0.15) is 0 Å². The zero-order chi connectivity index (χ0) is 14.4. The number of pyridine rings is 1. The molecule has 5 heteroatoms. The minimum Gasteiger partial charge on any atom is -0.466 e. The number of fused-ring (bicyclic) bond motifs is 1. The minimum absolute atomic E-state index is 0.158. The van der Waals surface area contributed by atoms with Crippen molar-refractivity contribution in [3.63, 3.8) is 0 Å². The summed E-state index contributed by atoms with van der Waals surface area (Å²) in [5, 5.41) is 4.22. The van der Waals surface area contributed by atoms with Crippen LogP contribution >= 0.6 is 0 Å². The molecule has 1 heterocycles. The van der Waals surface area contributed by atoms with Crippen LogP contribution in [0.4, 0.5) is 11.4 Å². The molecule has 106 valence electrons. The third-order valence-electron chi connectivity index (χ3n) is 2.98. The molecule has 20 heavy (non-hydrogen) atoms. The SMILES string of the molecule is CCOC(=O)CCCNc1ccc(N)c2cccnc12. The minimum atomic E-state index is -0.158. The highest BCUT2D eigenvalue weighted by molar-refractivity contribution is 5.98. The van der Waals surface area contributed by atoms with Crippen molar-refractivity contribution < 1.29 is 9.53 Å². The summed E-state index contributed by atoms with van der Waals surface area (Å²) in [6, 6.07) is 7.58. The quantitative estimate of drug-likeness (QED) is 0.480. The number of esters is 1. The first-order valence-corrected chi connectivity index (χ1v) is 6.75. The first-order chi connectivity index (χ1) is 9.72. The van der Waals surface area contributed by atoms with Gasteiger partial charge in [0.05, 0.1) is 17.8 Å². The number of carbonyl (C=O) groups excluding carboxylic acids is 1. The topological polar surface area (TPSA) is 77.2 Å². The number of rotatable bonds is 6. The number of aromatic nitrogens is 1. The Morgan fingerprint density at radius 3 is 3.05 bits per heavy atom. The fraction of sp³-hybridized carbons (Fsp3) is 0.333. The van der Waals surface area contributed by atoms with Gasteiger partial charge in [-0.3, -0.25) is 9.78 Å². The highest BCUT2D eigenvalue weighted by Gasteiger charge is 2.05. The van der Waals surface area contributed by atoms with Crippen LogP contribution in [-0.2, 0) is 9.53 Å². The van der Waals surface area contributed by atoms with Gasteiger partial charge in [0.2, 0.25) is 0 Å². The second-order valence-electron chi connectivity index (χ2n) is 4.44. The molecule has 0 aliphatic heterocycles. The predicted molar refractivity (Wildman–Crippen MR) is 80.5 cm³/mol. The summed E-state index contributed by atoms with van der Waals surface area (Å²) < 4.78 is 4.88. The normalized spacial score (nSPS) is 10.4. The number of hydrogen-bond acceptors (Lipinski definition) is 5. The lowest BCUT2D eigenvalue weighted by Crippen LogP contribution is -2.08. The number of nitrogens with zero attached hydrogens (tertiary/aromatic N) is 1. The Morgan fingerprint density at radius 1 is 1.40 bits per heavy atom. The second-order valence-corrected chi connectivity index (χ2v) is 4.44. The maximum Gasteiger partial charge on any atom is 0.305 e. The van der Waals surface area contributed by atoms with Crippen molar-refractivity contribution in [3.8, 4) is 0 Å². The monoisotopic (exact) mass is 273 g/mol. The molecule has 0 aliphatic carbocycles. The van der Waals surface area contributed by atoms with Gasteiger partial charge < -0.3 is 15.8 Å². The van der Waals surface area contributed by atoms with Gasteiger partial charge in [-0.15, -0.1) is 0 Å². The van der Waals surface area contributed by atoms with Crippen LogP contribution in [0.1, 0.15) is 19.8 Å². The van der Waals surface area contributed by atoms with Gasteiger partial charge in [-0.25, -0.2) is 0 Å². The largest absolute Gasteiger partial charge is 0.466 e. The zero-order valence-corrected chi connectivity index (χ0v) is 11.6. The molecule has 2 aromatic rings.